The molecule has 2 aromatic rings. The highest BCUT2D eigenvalue weighted by atomic mass is 79.9. The maximum atomic E-state index is 5.48. The Morgan fingerprint density at radius 1 is 1.24 bits per heavy atom. The van der Waals surface area contributed by atoms with E-state index in [1.165, 1.54) is 4.88 Å². The fourth-order valence-electron chi connectivity index (χ4n) is 1.75. The summed E-state index contributed by atoms with van der Waals surface area (Å²) >= 11 is 5.22. The van der Waals surface area contributed by atoms with Crippen LogP contribution < -0.4 is 16.6 Å². The van der Waals surface area contributed by atoms with Gasteiger partial charge in [-0.2, -0.15) is 0 Å². The van der Waals surface area contributed by atoms with Crippen LogP contribution in [0.4, 0.5) is 11.6 Å². The van der Waals surface area contributed by atoms with Gasteiger partial charge in [0.25, 0.3) is 0 Å². The average Bonchev–Trinajstić information content (AvgIpc) is 2.83. The minimum Gasteiger partial charge on any atom is -0.370 e. The van der Waals surface area contributed by atoms with Crippen molar-refractivity contribution >= 4 is 38.9 Å². The molecule has 0 aliphatic rings. The van der Waals surface area contributed by atoms with E-state index in [0.717, 1.165) is 28.4 Å². The lowest BCUT2D eigenvalue weighted by molar-refractivity contribution is 0.546. The molecule has 0 amide bonds. The summed E-state index contributed by atoms with van der Waals surface area (Å²) < 4.78 is 1.16. The lowest BCUT2D eigenvalue weighted by Gasteiger charge is -2.18. The SMILES string of the molecule is CC(C)(C)c1nc(NN)cc(NCCc2ccc(Br)s2)n1. The number of nitrogens with zero attached hydrogens (tertiary/aromatic N) is 2. The van der Waals surface area contributed by atoms with Crippen molar-refractivity contribution in [1.29, 1.82) is 0 Å². The molecule has 0 aromatic carbocycles. The zero-order chi connectivity index (χ0) is 15.5. The number of halogens is 1. The second-order valence-electron chi connectivity index (χ2n) is 5.74. The monoisotopic (exact) mass is 369 g/mol. The summed E-state index contributed by atoms with van der Waals surface area (Å²) in [6, 6.07) is 6.02. The van der Waals surface area contributed by atoms with Gasteiger partial charge in [-0.1, -0.05) is 20.8 Å². The first-order chi connectivity index (χ1) is 9.88. The number of anilines is 2. The van der Waals surface area contributed by atoms with Crippen molar-refractivity contribution in [2.24, 2.45) is 5.84 Å². The number of rotatable bonds is 5. The molecule has 5 nitrogen and oxygen atoms in total. The molecule has 0 unspecified atom stereocenters. The van der Waals surface area contributed by atoms with Crippen LogP contribution in [-0.2, 0) is 11.8 Å². The van der Waals surface area contributed by atoms with Crippen molar-refractivity contribution in [2.45, 2.75) is 32.6 Å². The maximum absolute atomic E-state index is 5.48. The Morgan fingerprint density at radius 2 is 1.95 bits per heavy atom. The van der Waals surface area contributed by atoms with Crippen LogP contribution in [0.2, 0.25) is 0 Å². The summed E-state index contributed by atoms with van der Waals surface area (Å²) in [4.78, 5) is 10.3. The highest BCUT2D eigenvalue weighted by Crippen LogP contribution is 2.23. The maximum Gasteiger partial charge on any atom is 0.145 e. The van der Waals surface area contributed by atoms with Crippen molar-refractivity contribution in [2.75, 3.05) is 17.3 Å². The van der Waals surface area contributed by atoms with Crippen LogP contribution >= 0.6 is 27.3 Å². The van der Waals surface area contributed by atoms with E-state index in [-0.39, 0.29) is 5.41 Å². The molecule has 0 aliphatic heterocycles. The van der Waals surface area contributed by atoms with E-state index in [9.17, 15) is 0 Å². The molecule has 0 fully saturated rings. The van der Waals surface area contributed by atoms with Crippen molar-refractivity contribution in [3.8, 4) is 0 Å². The number of hydrogen-bond donors (Lipinski definition) is 3. The third kappa shape index (κ3) is 4.66. The van der Waals surface area contributed by atoms with Gasteiger partial charge in [0.1, 0.15) is 17.5 Å². The number of aromatic nitrogens is 2. The Balaban J connectivity index is 2.05. The molecule has 0 spiro atoms. The van der Waals surface area contributed by atoms with Crippen molar-refractivity contribution in [1.82, 2.24) is 9.97 Å². The lowest BCUT2D eigenvalue weighted by Crippen LogP contribution is -2.20. The van der Waals surface area contributed by atoms with E-state index in [0.29, 0.717) is 5.82 Å². The fourth-order valence-corrected chi connectivity index (χ4v) is 3.23. The highest BCUT2D eigenvalue weighted by Gasteiger charge is 2.19. The molecule has 0 saturated heterocycles. The van der Waals surface area contributed by atoms with Crippen molar-refractivity contribution in [3.63, 3.8) is 0 Å². The predicted molar refractivity (Wildman–Crippen MR) is 92.8 cm³/mol. The van der Waals surface area contributed by atoms with Gasteiger partial charge < -0.3 is 10.7 Å². The topological polar surface area (TPSA) is 75.9 Å². The van der Waals surface area contributed by atoms with Gasteiger partial charge in [0.05, 0.1) is 3.79 Å². The summed E-state index contributed by atoms with van der Waals surface area (Å²) in [6.45, 7) is 7.05. The van der Waals surface area contributed by atoms with E-state index in [1.807, 2.05) is 6.07 Å². The molecule has 0 aliphatic carbocycles. The molecular formula is C14H20BrN5S. The standard InChI is InChI=1S/C14H20BrN5S/c1-14(2,3)13-18-11(8-12(19-13)20-16)17-7-6-9-4-5-10(15)21-9/h4-5,8H,6-7,16H2,1-3H3,(H2,17,18,19,20). The Hall–Kier alpha value is -1.18. The Labute approximate surface area is 137 Å². The Bertz CT molecular complexity index is 606. The molecule has 114 valence electrons. The zero-order valence-electron chi connectivity index (χ0n) is 12.4. The summed E-state index contributed by atoms with van der Waals surface area (Å²) in [5.74, 6) is 7.66. The summed E-state index contributed by atoms with van der Waals surface area (Å²) in [6.07, 6.45) is 0.955. The molecule has 0 saturated carbocycles. The van der Waals surface area contributed by atoms with Gasteiger partial charge in [-0.05, 0) is 34.5 Å². The molecule has 2 rings (SSSR count). The number of hydrazine groups is 1. The first-order valence-corrected chi connectivity index (χ1v) is 8.33. The Morgan fingerprint density at radius 3 is 2.52 bits per heavy atom. The first-order valence-electron chi connectivity index (χ1n) is 6.73. The number of thiophene rings is 1. The van der Waals surface area contributed by atoms with E-state index in [4.69, 9.17) is 5.84 Å². The number of nitrogen functional groups attached to an aromatic ring is 1. The van der Waals surface area contributed by atoms with E-state index >= 15 is 0 Å². The van der Waals surface area contributed by atoms with E-state index in [2.05, 4.69) is 69.5 Å². The number of hydrogen-bond acceptors (Lipinski definition) is 6. The van der Waals surface area contributed by atoms with Gasteiger partial charge in [0.2, 0.25) is 0 Å². The smallest absolute Gasteiger partial charge is 0.145 e. The predicted octanol–water partition coefficient (Wildman–Crippen LogP) is 3.54. The van der Waals surface area contributed by atoms with E-state index in [1.54, 1.807) is 11.3 Å². The molecule has 7 heteroatoms. The molecule has 2 heterocycles. The fraction of sp³-hybridized carbons (Fsp3) is 0.429. The van der Waals surface area contributed by atoms with Crippen LogP contribution in [0.15, 0.2) is 22.0 Å². The highest BCUT2D eigenvalue weighted by molar-refractivity contribution is 9.11. The van der Waals surface area contributed by atoms with Crippen molar-refractivity contribution in [3.05, 3.63) is 32.7 Å². The van der Waals surface area contributed by atoms with Crippen LogP contribution in [0, 0.1) is 0 Å². The second kappa shape index (κ2) is 6.72. The molecule has 4 N–H and O–H groups in total. The quantitative estimate of drug-likeness (QED) is 0.555. The van der Waals surface area contributed by atoms with Crippen molar-refractivity contribution < 1.29 is 0 Å². The molecule has 0 atom stereocenters. The van der Waals surface area contributed by atoms with Gasteiger partial charge >= 0.3 is 0 Å². The number of nitrogens with one attached hydrogen (secondary N) is 2. The largest absolute Gasteiger partial charge is 0.370 e. The Kier molecular flexibility index (Phi) is 5.18. The second-order valence-corrected chi connectivity index (χ2v) is 8.29. The normalized spacial score (nSPS) is 11.5. The van der Waals surface area contributed by atoms with Gasteiger partial charge in [0, 0.05) is 22.9 Å². The zero-order valence-corrected chi connectivity index (χ0v) is 14.8. The summed E-state index contributed by atoms with van der Waals surface area (Å²) in [7, 11) is 0. The molecular weight excluding hydrogens is 350 g/mol. The van der Waals surface area contributed by atoms with Crippen LogP contribution in [0.5, 0.6) is 0 Å². The molecule has 0 bridgehead atoms. The van der Waals surface area contributed by atoms with E-state index < -0.39 is 0 Å². The minimum atomic E-state index is -0.123. The van der Waals surface area contributed by atoms with Crippen LogP contribution in [0.25, 0.3) is 0 Å². The first kappa shape index (κ1) is 16.2. The van der Waals surface area contributed by atoms with Gasteiger partial charge in [-0.15, -0.1) is 11.3 Å². The third-order valence-electron chi connectivity index (χ3n) is 2.85. The van der Waals surface area contributed by atoms with Gasteiger partial charge in [-0.25, -0.2) is 15.8 Å². The van der Waals surface area contributed by atoms with Gasteiger partial charge in [-0.3, -0.25) is 0 Å². The van der Waals surface area contributed by atoms with Gasteiger partial charge in [0.15, 0.2) is 0 Å². The minimum absolute atomic E-state index is 0.123. The average molecular weight is 370 g/mol. The third-order valence-corrected chi connectivity index (χ3v) is 4.53. The van der Waals surface area contributed by atoms with Crippen LogP contribution in [0.3, 0.4) is 0 Å². The number of nitrogens with two attached hydrogens (primary N) is 1. The summed E-state index contributed by atoms with van der Waals surface area (Å²) in [5, 5.41) is 3.33. The molecule has 0 radical (unpaired) electrons. The van der Waals surface area contributed by atoms with Crippen LogP contribution in [0.1, 0.15) is 31.5 Å². The molecule has 2 aromatic heterocycles. The lowest BCUT2D eigenvalue weighted by atomic mass is 9.96. The van der Waals surface area contributed by atoms with Crippen LogP contribution in [-0.4, -0.2) is 16.5 Å². The molecule has 21 heavy (non-hydrogen) atoms. The summed E-state index contributed by atoms with van der Waals surface area (Å²) in [5.41, 5.74) is 2.47.